The van der Waals surface area contributed by atoms with Crippen LogP contribution in [0, 0.1) is 5.95 Å². The zero-order valence-corrected chi connectivity index (χ0v) is 19.0. The maximum absolute atomic E-state index is 14.5. The summed E-state index contributed by atoms with van der Waals surface area (Å²) in [5.74, 6) is -0.106. The van der Waals surface area contributed by atoms with Crippen LogP contribution in [0.4, 0.5) is 10.2 Å². The van der Waals surface area contributed by atoms with E-state index in [2.05, 4.69) is 35.4 Å². The van der Waals surface area contributed by atoms with E-state index in [9.17, 15) is 4.39 Å². The Kier molecular flexibility index (Phi) is 5.17. The van der Waals surface area contributed by atoms with Gasteiger partial charge in [0.15, 0.2) is 5.82 Å². The van der Waals surface area contributed by atoms with E-state index in [0.29, 0.717) is 34.2 Å². The average molecular weight is 477 g/mol. The van der Waals surface area contributed by atoms with Crippen LogP contribution in [0.15, 0.2) is 42.6 Å². The number of nitrogens with one attached hydrogen (secondary N) is 3. The molecule has 8 nitrogen and oxygen atoms in total. The molecule has 0 unspecified atom stereocenters. The predicted molar refractivity (Wildman–Crippen MR) is 132 cm³/mol. The number of hydrogen-bond donors (Lipinski definition) is 4. The van der Waals surface area contributed by atoms with E-state index in [1.54, 1.807) is 6.20 Å². The normalized spacial score (nSPS) is 14.9. The summed E-state index contributed by atoms with van der Waals surface area (Å²) in [6.07, 6.45) is 1.73. The summed E-state index contributed by atoms with van der Waals surface area (Å²) in [6.45, 7) is 4.31. The van der Waals surface area contributed by atoms with Crippen molar-refractivity contribution in [2.75, 3.05) is 31.9 Å². The lowest BCUT2D eigenvalue weighted by Crippen LogP contribution is -2.43. The second-order valence-electron chi connectivity index (χ2n) is 8.49. The third kappa shape index (κ3) is 3.77. The first-order chi connectivity index (χ1) is 16.5. The molecule has 34 heavy (non-hydrogen) atoms. The van der Waals surface area contributed by atoms with Gasteiger partial charge in [0.2, 0.25) is 5.95 Å². The molecule has 1 aromatic carbocycles. The molecule has 0 spiro atoms. The Labute approximate surface area is 199 Å². The molecule has 10 heteroatoms. The molecule has 4 aromatic heterocycles. The van der Waals surface area contributed by atoms with Crippen LogP contribution >= 0.6 is 11.6 Å². The van der Waals surface area contributed by atoms with Gasteiger partial charge in [-0.2, -0.15) is 9.49 Å². The van der Waals surface area contributed by atoms with Crippen LogP contribution in [-0.4, -0.2) is 56.2 Å². The highest BCUT2D eigenvalue weighted by Gasteiger charge is 2.16. The van der Waals surface area contributed by atoms with Crippen LogP contribution in [-0.2, 0) is 6.54 Å². The minimum absolute atomic E-state index is 0.392. The van der Waals surface area contributed by atoms with Gasteiger partial charge in [-0.05, 0) is 41.5 Å². The topological polar surface area (TPSA) is 112 Å². The smallest absolute Gasteiger partial charge is 0.213 e. The standard InChI is InChI=1S/C24H22ClFN8/c25-19-9-13(8-18-22(19)32-33-23(18)27)16-1-2-29-24-17(16)11-20(31-24)14-7-15(30-21(26)10-14)12-34-5-3-28-4-6-34/h1-2,7-11,28H,3-6,12H2,(H,29,31)(H3,27,32,33). The van der Waals surface area contributed by atoms with Crippen LogP contribution in [0.3, 0.4) is 0 Å². The number of nitrogens with two attached hydrogens (primary N) is 1. The molecular formula is C24H22ClFN8. The van der Waals surface area contributed by atoms with Crippen molar-refractivity contribution >= 4 is 39.4 Å². The number of halogens is 2. The largest absolute Gasteiger partial charge is 0.382 e. The van der Waals surface area contributed by atoms with E-state index in [1.807, 2.05) is 30.3 Å². The number of aromatic nitrogens is 5. The van der Waals surface area contributed by atoms with Crippen molar-refractivity contribution in [1.82, 2.24) is 35.4 Å². The third-order valence-corrected chi connectivity index (χ3v) is 6.55. The van der Waals surface area contributed by atoms with Crippen molar-refractivity contribution in [3.05, 3.63) is 59.3 Å². The van der Waals surface area contributed by atoms with Crippen molar-refractivity contribution < 1.29 is 4.39 Å². The summed E-state index contributed by atoms with van der Waals surface area (Å²) >= 11 is 6.49. The average Bonchev–Trinajstić information content (AvgIpc) is 3.43. The molecule has 5 aromatic rings. The van der Waals surface area contributed by atoms with Gasteiger partial charge in [0, 0.05) is 67.0 Å². The van der Waals surface area contributed by atoms with Crippen LogP contribution < -0.4 is 11.1 Å². The second kappa shape index (κ2) is 8.35. The fraction of sp³-hybridized carbons (Fsp3) is 0.208. The molecular weight excluding hydrogens is 455 g/mol. The number of nitrogens with zero attached hydrogens (tertiary/aromatic N) is 4. The van der Waals surface area contributed by atoms with Crippen molar-refractivity contribution in [2.45, 2.75) is 6.54 Å². The Bertz CT molecular complexity index is 1520. The Balaban J connectivity index is 1.41. The number of rotatable bonds is 4. The Morgan fingerprint density at radius 1 is 1.06 bits per heavy atom. The second-order valence-corrected chi connectivity index (χ2v) is 8.90. The van der Waals surface area contributed by atoms with Gasteiger partial charge in [0.25, 0.3) is 0 Å². The summed E-state index contributed by atoms with van der Waals surface area (Å²) in [7, 11) is 0. The van der Waals surface area contributed by atoms with Crippen LogP contribution in [0.1, 0.15) is 5.69 Å². The van der Waals surface area contributed by atoms with Gasteiger partial charge in [-0.1, -0.05) is 11.6 Å². The van der Waals surface area contributed by atoms with Gasteiger partial charge in [0.1, 0.15) is 5.65 Å². The van der Waals surface area contributed by atoms with Gasteiger partial charge in [-0.3, -0.25) is 10.00 Å². The van der Waals surface area contributed by atoms with Crippen molar-refractivity contribution in [1.29, 1.82) is 0 Å². The zero-order valence-electron chi connectivity index (χ0n) is 18.2. The number of piperazine rings is 1. The highest BCUT2D eigenvalue weighted by molar-refractivity contribution is 6.35. The molecule has 0 amide bonds. The minimum Gasteiger partial charge on any atom is -0.382 e. The number of aromatic amines is 2. The molecule has 172 valence electrons. The van der Waals surface area contributed by atoms with Crippen molar-refractivity contribution in [2.24, 2.45) is 0 Å². The first-order valence-corrected chi connectivity index (χ1v) is 11.4. The van der Waals surface area contributed by atoms with E-state index in [4.69, 9.17) is 17.3 Å². The van der Waals surface area contributed by atoms with Crippen LogP contribution in [0.2, 0.25) is 5.02 Å². The highest BCUT2D eigenvalue weighted by Crippen LogP contribution is 2.36. The Morgan fingerprint density at radius 3 is 2.76 bits per heavy atom. The fourth-order valence-electron chi connectivity index (χ4n) is 4.57. The number of benzene rings is 1. The summed E-state index contributed by atoms with van der Waals surface area (Å²) in [5.41, 5.74) is 11.4. The third-order valence-electron chi connectivity index (χ3n) is 6.25. The molecule has 0 bridgehead atoms. The van der Waals surface area contributed by atoms with Gasteiger partial charge in [0.05, 0.1) is 16.2 Å². The van der Waals surface area contributed by atoms with Gasteiger partial charge >= 0.3 is 0 Å². The number of pyridine rings is 2. The first kappa shape index (κ1) is 21.0. The number of hydrogen-bond acceptors (Lipinski definition) is 6. The summed E-state index contributed by atoms with van der Waals surface area (Å²) < 4.78 is 14.5. The number of anilines is 1. The summed E-state index contributed by atoms with van der Waals surface area (Å²) in [4.78, 5) is 14.2. The van der Waals surface area contributed by atoms with Crippen molar-refractivity contribution in [3.8, 4) is 22.4 Å². The number of fused-ring (bicyclic) bond motifs is 2. The summed E-state index contributed by atoms with van der Waals surface area (Å²) in [6, 6.07) is 11.1. The molecule has 0 atom stereocenters. The van der Waals surface area contributed by atoms with Gasteiger partial charge in [-0.25, -0.2) is 9.97 Å². The number of H-pyrrole nitrogens is 2. The van der Waals surface area contributed by atoms with E-state index in [1.165, 1.54) is 6.07 Å². The lowest BCUT2D eigenvalue weighted by Gasteiger charge is -2.26. The quantitative estimate of drug-likeness (QED) is 0.292. The van der Waals surface area contributed by atoms with E-state index < -0.39 is 5.95 Å². The molecule has 1 fully saturated rings. The fourth-order valence-corrected chi connectivity index (χ4v) is 4.84. The molecule has 6 rings (SSSR count). The zero-order chi connectivity index (χ0) is 23.2. The molecule has 5 N–H and O–H groups in total. The van der Waals surface area contributed by atoms with E-state index >= 15 is 0 Å². The lowest BCUT2D eigenvalue weighted by atomic mass is 10.0. The monoisotopic (exact) mass is 476 g/mol. The lowest BCUT2D eigenvalue weighted by molar-refractivity contribution is 0.230. The van der Waals surface area contributed by atoms with Crippen molar-refractivity contribution in [3.63, 3.8) is 0 Å². The molecule has 0 radical (unpaired) electrons. The highest BCUT2D eigenvalue weighted by atomic mass is 35.5. The Hall–Kier alpha value is -3.53. The van der Waals surface area contributed by atoms with Gasteiger partial charge in [-0.15, -0.1) is 0 Å². The molecule has 1 saturated heterocycles. The molecule has 0 saturated carbocycles. The predicted octanol–water partition coefficient (Wildman–Crippen LogP) is 3.95. The molecule has 5 heterocycles. The molecule has 1 aliphatic rings. The first-order valence-electron chi connectivity index (χ1n) is 11.1. The Morgan fingerprint density at radius 2 is 1.91 bits per heavy atom. The van der Waals surface area contributed by atoms with E-state index in [-0.39, 0.29) is 0 Å². The van der Waals surface area contributed by atoms with Crippen LogP contribution in [0.25, 0.3) is 44.3 Å². The van der Waals surface area contributed by atoms with Gasteiger partial charge < -0.3 is 16.0 Å². The minimum atomic E-state index is -0.498. The van der Waals surface area contributed by atoms with Crippen LogP contribution in [0.5, 0.6) is 0 Å². The maximum Gasteiger partial charge on any atom is 0.213 e. The maximum atomic E-state index is 14.5. The molecule has 0 aliphatic carbocycles. The molecule has 1 aliphatic heterocycles. The summed E-state index contributed by atoms with van der Waals surface area (Å²) in [5, 5.41) is 12.4. The number of nitrogen functional groups attached to an aromatic ring is 1. The SMILES string of the molecule is Nc1n[nH]c2c(Cl)cc(-c3ccnc4[nH]c(-c5cc(F)nc(CN6CCNCC6)c5)cc34)cc12. The van der Waals surface area contributed by atoms with E-state index in [0.717, 1.165) is 59.3 Å².